The topological polar surface area (TPSA) is 55.1 Å². The van der Waals surface area contributed by atoms with Gasteiger partial charge in [0.1, 0.15) is 0 Å². The van der Waals surface area contributed by atoms with E-state index >= 15 is 0 Å². The minimum absolute atomic E-state index is 0.0347. The minimum atomic E-state index is -0.170. The second kappa shape index (κ2) is 2.08. The van der Waals surface area contributed by atoms with E-state index in [1.54, 1.807) is 0 Å². The summed E-state index contributed by atoms with van der Waals surface area (Å²) in [7, 11) is 0. The molecule has 0 aromatic heterocycles. The molecule has 3 N–H and O–H groups in total. The second-order valence-corrected chi connectivity index (χ2v) is 5.42. The number of carbonyl (C=O) groups excluding carboxylic acids is 1. The van der Waals surface area contributed by atoms with E-state index in [0.717, 1.165) is 19.3 Å². The van der Waals surface area contributed by atoms with Gasteiger partial charge in [-0.25, -0.2) is 5.84 Å². The number of hydrogen-bond donors (Lipinski definition) is 2. The number of hydrogen-bond acceptors (Lipinski definition) is 2. The summed E-state index contributed by atoms with van der Waals surface area (Å²) in [6, 6.07) is 0. The number of rotatable bonds is 1. The summed E-state index contributed by atoms with van der Waals surface area (Å²) < 4.78 is 0. The third-order valence-electron chi connectivity index (χ3n) is 5.07. The molecule has 0 radical (unpaired) electrons. The summed E-state index contributed by atoms with van der Waals surface area (Å²) >= 11 is 0. The largest absolute Gasteiger partial charge is 0.294 e. The highest BCUT2D eigenvalue weighted by molar-refractivity contribution is 5.85. The average Bonchev–Trinajstić information content (AvgIpc) is 2.54. The van der Waals surface area contributed by atoms with Crippen LogP contribution in [0, 0.1) is 16.2 Å². The minimum Gasteiger partial charge on any atom is -0.294 e. The lowest BCUT2D eigenvalue weighted by Gasteiger charge is -2.60. The fraction of sp³-hybridized carbons (Fsp3) is 0.900. The normalized spacial score (nSPS) is 45.5. The predicted molar refractivity (Wildman–Crippen MR) is 50.5 cm³/mol. The van der Waals surface area contributed by atoms with Gasteiger partial charge in [0.15, 0.2) is 0 Å². The maximum atomic E-state index is 11.7. The molecular weight excluding hydrogens is 164 g/mol. The van der Waals surface area contributed by atoms with E-state index < -0.39 is 0 Å². The van der Waals surface area contributed by atoms with E-state index in [0.29, 0.717) is 5.41 Å². The Hall–Kier alpha value is -0.570. The Morgan fingerprint density at radius 1 is 1.31 bits per heavy atom. The van der Waals surface area contributed by atoms with Crippen LogP contribution in [0.5, 0.6) is 0 Å². The zero-order valence-corrected chi connectivity index (χ0v) is 8.61. The van der Waals surface area contributed by atoms with E-state index in [9.17, 15) is 4.79 Å². The van der Waals surface area contributed by atoms with Crippen molar-refractivity contribution < 1.29 is 4.79 Å². The highest BCUT2D eigenvalue weighted by Gasteiger charge is 2.74. The molecule has 3 nitrogen and oxygen atoms in total. The third-order valence-corrected chi connectivity index (χ3v) is 5.07. The Kier molecular flexibility index (Phi) is 1.44. The van der Waals surface area contributed by atoms with Gasteiger partial charge in [-0.2, -0.15) is 0 Å². The van der Waals surface area contributed by atoms with Crippen molar-refractivity contribution in [2.45, 2.75) is 40.0 Å². The molecule has 74 valence electrons. The van der Waals surface area contributed by atoms with Crippen LogP contribution >= 0.6 is 0 Å². The Morgan fingerprint density at radius 3 is 2.23 bits per heavy atom. The number of nitrogens with one attached hydrogen (secondary N) is 1. The summed E-state index contributed by atoms with van der Waals surface area (Å²) in [6.45, 7) is 6.67. The van der Waals surface area contributed by atoms with Crippen LogP contribution in [0.2, 0.25) is 0 Å². The van der Waals surface area contributed by atoms with Crippen LogP contribution in [-0.2, 0) is 4.79 Å². The molecule has 0 spiro atoms. The highest BCUT2D eigenvalue weighted by Crippen LogP contribution is 2.77. The molecule has 3 heteroatoms. The van der Waals surface area contributed by atoms with Gasteiger partial charge < -0.3 is 0 Å². The summed E-state index contributed by atoms with van der Waals surface area (Å²) in [5, 5.41) is 0. The lowest BCUT2D eigenvalue weighted by atomic mass is 9.43. The molecule has 3 aliphatic rings. The van der Waals surface area contributed by atoms with Crippen LogP contribution in [-0.4, -0.2) is 5.91 Å². The molecule has 3 aliphatic carbocycles. The van der Waals surface area contributed by atoms with Gasteiger partial charge in [-0.1, -0.05) is 20.8 Å². The zero-order valence-electron chi connectivity index (χ0n) is 8.61. The van der Waals surface area contributed by atoms with Gasteiger partial charge in [-0.05, 0) is 30.1 Å². The van der Waals surface area contributed by atoms with E-state index in [-0.39, 0.29) is 16.7 Å². The van der Waals surface area contributed by atoms with E-state index in [1.165, 1.54) is 0 Å². The Morgan fingerprint density at radius 2 is 1.92 bits per heavy atom. The molecule has 2 bridgehead atoms. The summed E-state index contributed by atoms with van der Waals surface area (Å²) in [5.74, 6) is 5.26. The number of fused-ring (bicyclic) bond motifs is 1. The maximum absolute atomic E-state index is 11.7. The molecule has 0 aliphatic heterocycles. The molecule has 1 amide bonds. The van der Waals surface area contributed by atoms with Crippen LogP contribution in [0.25, 0.3) is 0 Å². The lowest BCUT2D eigenvalue weighted by molar-refractivity contribution is -0.166. The van der Waals surface area contributed by atoms with Gasteiger partial charge in [0.2, 0.25) is 5.91 Å². The molecular formula is C10H18N2O. The zero-order chi connectivity index (χ0) is 9.91. The average molecular weight is 182 g/mol. The number of nitrogens with two attached hydrogens (primary N) is 1. The van der Waals surface area contributed by atoms with Crippen molar-refractivity contribution in [3.05, 3.63) is 0 Å². The monoisotopic (exact) mass is 182 g/mol. The molecule has 0 aromatic carbocycles. The standard InChI is InChI=1S/C10H18N2O/c1-8(2)9(3)4-5-10(8,6-9)7(13)12-11/h4-6,11H2,1-3H3,(H,12,13)/t9-,10+/m1/s1. The molecule has 3 rings (SSSR count). The first-order chi connectivity index (χ1) is 5.90. The van der Waals surface area contributed by atoms with Crippen molar-refractivity contribution in [2.24, 2.45) is 22.1 Å². The smallest absolute Gasteiger partial charge is 0.240 e. The fourth-order valence-corrected chi connectivity index (χ4v) is 3.49. The van der Waals surface area contributed by atoms with Gasteiger partial charge in [0.05, 0.1) is 5.41 Å². The SMILES string of the molecule is CC1(C)[C@]2(C)CC[C@@]1(C(=O)NN)C2. The van der Waals surface area contributed by atoms with Gasteiger partial charge in [0.25, 0.3) is 0 Å². The first-order valence-electron chi connectivity index (χ1n) is 4.91. The quantitative estimate of drug-likeness (QED) is 0.363. The van der Waals surface area contributed by atoms with Crippen molar-refractivity contribution in [3.8, 4) is 0 Å². The van der Waals surface area contributed by atoms with Crippen LogP contribution < -0.4 is 11.3 Å². The molecule has 0 heterocycles. The lowest BCUT2D eigenvalue weighted by Crippen LogP contribution is -2.62. The molecule has 3 fully saturated rings. The van der Waals surface area contributed by atoms with E-state index in [2.05, 4.69) is 26.2 Å². The maximum Gasteiger partial charge on any atom is 0.240 e. The Bertz CT molecular complexity index is 274. The molecule has 13 heavy (non-hydrogen) atoms. The molecule has 3 saturated carbocycles. The molecule has 0 saturated heterocycles. The number of carbonyl (C=O) groups is 1. The van der Waals surface area contributed by atoms with E-state index in [1.807, 2.05) is 0 Å². The van der Waals surface area contributed by atoms with Crippen LogP contribution in [0.4, 0.5) is 0 Å². The summed E-state index contributed by atoms with van der Waals surface area (Å²) in [4.78, 5) is 11.7. The first-order valence-corrected chi connectivity index (χ1v) is 4.91. The van der Waals surface area contributed by atoms with Gasteiger partial charge in [-0.15, -0.1) is 0 Å². The van der Waals surface area contributed by atoms with Gasteiger partial charge >= 0.3 is 0 Å². The predicted octanol–water partition coefficient (Wildman–Crippen LogP) is 1.19. The van der Waals surface area contributed by atoms with Crippen molar-refractivity contribution >= 4 is 5.91 Å². The first kappa shape index (κ1) is 9.00. The number of amides is 1. The van der Waals surface area contributed by atoms with Crippen LogP contribution in [0.3, 0.4) is 0 Å². The van der Waals surface area contributed by atoms with Crippen molar-refractivity contribution in [3.63, 3.8) is 0 Å². The van der Waals surface area contributed by atoms with Gasteiger partial charge in [0, 0.05) is 0 Å². The van der Waals surface area contributed by atoms with Crippen molar-refractivity contribution in [2.75, 3.05) is 0 Å². The summed E-state index contributed by atoms with van der Waals surface area (Å²) in [6.07, 6.45) is 3.17. The van der Waals surface area contributed by atoms with E-state index in [4.69, 9.17) is 5.84 Å². The molecule has 0 unspecified atom stereocenters. The third kappa shape index (κ3) is 0.688. The summed E-state index contributed by atoms with van der Waals surface area (Å²) in [5.41, 5.74) is 2.62. The van der Waals surface area contributed by atoms with Crippen LogP contribution in [0.1, 0.15) is 40.0 Å². The molecule has 2 atom stereocenters. The Balaban J connectivity index is 2.35. The van der Waals surface area contributed by atoms with Crippen molar-refractivity contribution in [1.82, 2.24) is 5.43 Å². The van der Waals surface area contributed by atoms with Crippen LogP contribution in [0.15, 0.2) is 0 Å². The number of hydrazine groups is 1. The highest BCUT2D eigenvalue weighted by atomic mass is 16.2. The molecule has 0 aromatic rings. The second-order valence-electron chi connectivity index (χ2n) is 5.42. The van der Waals surface area contributed by atoms with Crippen molar-refractivity contribution in [1.29, 1.82) is 0 Å². The fourth-order valence-electron chi connectivity index (χ4n) is 3.49. The Labute approximate surface area is 79.0 Å². The van der Waals surface area contributed by atoms with Gasteiger partial charge in [-0.3, -0.25) is 10.2 Å².